The van der Waals surface area contributed by atoms with Crippen molar-refractivity contribution in [2.45, 2.75) is 37.2 Å². The van der Waals surface area contributed by atoms with E-state index in [1.54, 1.807) is 18.7 Å². The normalized spacial score (nSPS) is 17.8. The molecule has 0 spiro atoms. The predicted molar refractivity (Wildman–Crippen MR) is 105 cm³/mol. The number of rotatable bonds is 7. The fourth-order valence-electron chi connectivity index (χ4n) is 3.23. The lowest BCUT2D eigenvalue weighted by Gasteiger charge is -2.32. The zero-order valence-electron chi connectivity index (χ0n) is 15.2. The largest absolute Gasteiger partial charge is 0.356 e. The summed E-state index contributed by atoms with van der Waals surface area (Å²) in [5.41, 5.74) is 2.43. The highest BCUT2D eigenvalue weighted by Gasteiger charge is 2.20. The number of benzene rings is 1. The van der Waals surface area contributed by atoms with Gasteiger partial charge in [-0.2, -0.15) is 0 Å². The van der Waals surface area contributed by atoms with Gasteiger partial charge in [-0.05, 0) is 30.9 Å². The molecular weight excluding hydrogens is 344 g/mol. The first-order valence-electron chi connectivity index (χ1n) is 9.13. The standard InChI is InChI=1S/C20H26N4OS/c1-16(25)21-10-18-8-5-9-24(13-18)14-19-11-22-20(23-12-19)26-15-17-6-3-2-4-7-17/h2-4,6-7,11-12,18H,5,8-10,13-15H2,1H3,(H,21,25)/t18-/m1/s1. The fourth-order valence-corrected chi connectivity index (χ4v) is 3.97. The summed E-state index contributed by atoms with van der Waals surface area (Å²) >= 11 is 1.66. The summed E-state index contributed by atoms with van der Waals surface area (Å²) < 4.78 is 0. The van der Waals surface area contributed by atoms with Gasteiger partial charge < -0.3 is 5.32 Å². The van der Waals surface area contributed by atoms with Gasteiger partial charge in [0.1, 0.15) is 0 Å². The van der Waals surface area contributed by atoms with Crippen LogP contribution in [-0.2, 0) is 17.1 Å². The zero-order chi connectivity index (χ0) is 18.2. The van der Waals surface area contributed by atoms with Gasteiger partial charge in [0.25, 0.3) is 0 Å². The average Bonchev–Trinajstić information content (AvgIpc) is 2.67. The summed E-state index contributed by atoms with van der Waals surface area (Å²) in [6.07, 6.45) is 6.24. The van der Waals surface area contributed by atoms with Gasteiger partial charge in [0.15, 0.2) is 5.16 Å². The summed E-state index contributed by atoms with van der Waals surface area (Å²) in [6, 6.07) is 10.4. The molecule has 1 aliphatic rings. The molecule has 26 heavy (non-hydrogen) atoms. The second kappa shape index (κ2) is 9.69. The molecule has 1 N–H and O–H groups in total. The zero-order valence-corrected chi connectivity index (χ0v) is 16.0. The van der Waals surface area contributed by atoms with Crippen molar-refractivity contribution in [1.29, 1.82) is 0 Å². The molecule has 1 aromatic carbocycles. The Morgan fingerprint density at radius 2 is 2.00 bits per heavy atom. The van der Waals surface area contributed by atoms with E-state index in [-0.39, 0.29) is 5.91 Å². The van der Waals surface area contributed by atoms with E-state index >= 15 is 0 Å². The highest BCUT2D eigenvalue weighted by Crippen LogP contribution is 2.20. The van der Waals surface area contributed by atoms with E-state index in [9.17, 15) is 4.79 Å². The fraction of sp³-hybridized carbons (Fsp3) is 0.450. The van der Waals surface area contributed by atoms with Crippen LogP contribution in [0, 0.1) is 5.92 Å². The molecule has 0 unspecified atom stereocenters. The van der Waals surface area contributed by atoms with E-state index in [1.165, 1.54) is 18.4 Å². The summed E-state index contributed by atoms with van der Waals surface area (Å²) in [4.78, 5) is 22.5. The van der Waals surface area contributed by atoms with Crippen molar-refractivity contribution in [2.75, 3.05) is 19.6 Å². The molecular formula is C20H26N4OS. The van der Waals surface area contributed by atoms with E-state index in [4.69, 9.17) is 0 Å². The van der Waals surface area contributed by atoms with E-state index in [0.29, 0.717) is 5.92 Å². The minimum atomic E-state index is 0.0547. The van der Waals surface area contributed by atoms with Crippen molar-refractivity contribution in [1.82, 2.24) is 20.2 Å². The molecule has 6 heteroatoms. The highest BCUT2D eigenvalue weighted by molar-refractivity contribution is 7.98. The number of aromatic nitrogens is 2. The minimum Gasteiger partial charge on any atom is -0.356 e. The Morgan fingerprint density at radius 3 is 2.73 bits per heavy atom. The number of likely N-dealkylation sites (tertiary alicyclic amines) is 1. The predicted octanol–water partition coefficient (Wildman–Crippen LogP) is 3.12. The molecule has 0 bridgehead atoms. The number of carbonyl (C=O) groups excluding carboxylic acids is 1. The molecule has 5 nitrogen and oxygen atoms in total. The highest BCUT2D eigenvalue weighted by atomic mass is 32.2. The number of hydrogen-bond acceptors (Lipinski definition) is 5. The van der Waals surface area contributed by atoms with Gasteiger partial charge >= 0.3 is 0 Å². The summed E-state index contributed by atoms with van der Waals surface area (Å²) in [5, 5.41) is 3.76. The molecule has 0 radical (unpaired) electrons. The maximum atomic E-state index is 11.1. The van der Waals surface area contributed by atoms with Gasteiger partial charge in [0.05, 0.1) is 0 Å². The van der Waals surface area contributed by atoms with Crippen LogP contribution in [0.3, 0.4) is 0 Å². The Bertz CT molecular complexity index is 693. The molecule has 1 saturated heterocycles. The smallest absolute Gasteiger partial charge is 0.216 e. The lowest BCUT2D eigenvalue weighted by atomic mass is 9.97. The maximum absolute atomic E-state index is 11.1. The molecule has 1 amide bonds. The van der Waals surface area contributed by atoms with Gasteiger partial charge in [-0.1, -0.05) is 42.1 Å². The van der Waals surface area contributed by atoms with Gasteiger partial charge in [-0.25, -0.2) is 9.97 Å². The Balaban J connectivity index is 1.47. The van der Waals surface area contributed by atoms with Crippen LogP contribution in [0.1, 0.15) is 30.9 Å². The van der Waals surface area contributed by atoms with Crippen LogP contribution in [0.4, 0.5) is 0 Å². The van der Waals surface area contributed by atoms with Crippen molar-refractivity contribution >= 4 is 17.7 Å². The minimum absolute atomic E-state index is 0.0547. The topological polar surface area (TPSA) is 58.1 Å². The molecule has 3 rings (SSSR count). The molecule has 2 heterocycles. The molecule has 1 atom stereocenters. The van der Waals surface area contributed by atoms with E-state index in [1.807, 2.05) is 18.5 Å². The van der Waals surface area contributed by atoms with Crippen molar-refractivity contribution < 1.29 is 4.79 Å². The maximum Gasteiger partial charge on any atom is 0.216 e. The lowest BCUT2D eigenvalue weighted by molar-refractivity contribution is -0.119. The third kappa shape index (κ3) is 6.11. The van der Waals surface area contributed by atoms with Crippen LogP contribution in [0.25, 0.3) is 0 Å². The van der Waals surface area contributed by atoms with Gasteiger partial charge in [-0.3, -0.25) is 9.69 Å². The molecule has 138 valence electrons. The molecule has 1 aromatic heterocycles. The van der Waals surface area contributed by atoms with Crippen molar-refractivity contribution in [3.05, 3.63) is 53.9 Å². The molecule has 0 aliphatic carbocycles. The first kappa shape index (κ1) is 18.9. The summed E-state index contributed by atoms with van der Waals surface area (Å²) in [6.45, 7) is 5.35. The number of carbonyl (C=O) groups is 1. The summed E-state index contributed by atoms with van der Waals surface area (Å²) in [7, 11) is 0. The second-order valence-corrected chi connectivity index (χ2v) is 7.77. The van der Waals surface area contributed by atoms with Crippen LogP contribution in [0.15, 0.2) is 47.9 Å². The monoisotopic (exact) mass is 370 g/mol. The van der Waals surface area contributed by atoms with Gasteiger partial charge in [-0.15, -0.1) is 0 Å². The van der Waals surface area contributed by atoms with E-state index in [0.717, 1.165) is 42.7 Å². The first-order valence-corrected chi connectivity index (χ1v) is 10.1. The Hall–Kier alpha value is -1.92. The lowest BCUT2D eigenvalue weighted by Crippen LogP contribution is -2.40. The number of hydrogen-bond donors (Lipinski definition) is 1. The Kier molecular flexibility index (Phi) is 7.03. The van der Waals surface area contributed by atoms with Crippen LogP contribution < -0.4 is 5.32 Å². The molecule has 1 aliphatic heterocycles. The third-order valence-corrected chi connectivity index (χ3v) is 5.49. The number of thioether (sulfide) groups is 1. The molecule has 2 aromatic rings. The average molecular weight is 371 g/mol. The quantitative estimate of drug-likeness (QED) is 0.599. The van der Waals surface area contributed by atoms with Gasteiger partial charge in [0, 0.05) is 50.3 Å². The number of nitrogens with zero attached hydrogens (tertiary/aromatic N) is 3. The van der Waals surface area contributed by atoms with Crippen molar-refractivity contribution in [2.24, 2.45) is 5.92 Å². The van der Waals surface area contributed by atoms with Crippen molar-refractivity contribution in [3.8, 4) is 0 Å². The molecule has 0 saturated carbocycles. The summed E-state index contributed by atoms with van der Waals surface area (Å²) in [5.74, 6) is 1.48. The first-order chi connectivity index (χ1) is 12.7. The Morgan fingerprint density at radius 1 is 1.23 bits per heavy atom. The third-order valence-electron chi connectivity index (χ3n) is 4.54. The van der Waals surface area contributed by atoms with Crippen LogP contribution in [-0.4, -0.2) is 40.4 Å². The van der Waals surface area contributed by atoms with Crippen molar-refractivity contribution in [3.63, 3.8) is 0 Å². The number of piperidine rings is 1. The van der Waals surface area contributed by atoms with E-state index in [2.05, 4.69) is 44.5 Å². The van der Waals surface area contributed by atoms with Crippen LogP contribution in [0.5, 0.6) is 0 Å². The van der Waals surface area contributed by atoms with E-state index < -0.39 is 0 Å². The Labute approximate surface area is 159 Å². The molecule has 1 fully saturated rings. The number of nitrogens with one attached hydrogen (secondary N) is 1. The van der Waals surface area contributed by atoms with Gasteiger partial charge in [0.2, 0.25) is 5.91 Å². The van der Waals surface area contributed by atoms with Crippen LogP contribution >= 0.6 is 11.8 Å². The van der Waals surface area contributed by atoms with Crippen LogP contribution in [0.2, 0.25) is 0 Å². The SMILES string of the molecule is CC(=O)NC[C@H]1CCCN(Cc2cnc(SCc3ccccc3)nc2)C1. The number of amides is 1. The second-order valence-electron chi connectivity index (χ2n) is 6.83.